The van der Waals surface area contributed by atoms with Crippen molar-refractivity contribution >= 4 is 5.78 Å². The molecule has 0 aromatic heterocycles. The molecule has 0 aliphatic rings. The number of benzene rings is 1. The van der Waals surface area contributed by atoms with E-state index in [0.29, 0.717) is 6.07 Å². The Balaban J connectivity index is 3.20. The first-order valence-electron chi connectivity index (χ1n) is 4.16. The molecule has 0 saturated carbocycles. The van der Waals surface area contributed by atoms with E-state index >= 15 is 0 Å². The van der Waals surface area contributed by atoms with E-state index < -0.39 is 29.8 Å². The van der Waals surface area contributed by atoms with Crippen LogP contribution in [0.3, 0.4) is 0 Å². The molecule has 0 unspecified atom stereocenters. The summed E-state index contributed by atoms with van der Waals surface area (Å²) in [7, 11) is 0. The normalized spacial score (nSPS) is 11.5. The highest BCUT2D eigenvalue weighted by molar-refractivity contribution is 5.78. The van der Waals surface area contributed by atoms with E-state index in [9.17, 15) is 22.4 Å². The molecule has 0 N–H and O–H groups in total. The molecular formula is C10H8F4O. The van der Waals surface area contributed by atoms with Crippen LogP contribution in [0, 0.1) is 5.82 Å². The van der Waals surface area contributed by atoms with Crippen molar-refractivity contribution in [1.82, 2.24) is 0 Å². The summed E-state index contributed by atoms with van der Waals surface area (Å²) in [6.45, 7) is 1.16. The molecule has 0 saturated heterocycles. The Bertz CT molecular complexity index is 381. The molecule has 0 bridgehead atoms. The van der Waals surface area contributed by atoms with E-state index in [0.717, 1.165) is 19.1 Å². The molecule has 0 fully saturated rings. The molecule has 0 amide bonds. The lowest BCUT2D eigenvalue weighted by Crippen LogP contribution is -2.11. The van der Waals surface area contributed by atoms with Gasteiger partial charge in [0.05, 0.1) is 5.56 Å². The highest BCUT2D eigenvalue weighted by atomic mass is 19.4. The van der Waals surface area contributed by atoms with Gasteiger partial charge in [-0.05, 0) is 30.7 Å². The summed E-state index contributed by atoms with van der Waals surface area (Å²) in [5, 5.41) is 0. The Morgan fingerprint density at radius 1 is 1.33 bits per heavy atom. The highest BCUT2D eigenvalue weighted by Crippen LogP contribution is 2.32. The molecule has 0 radical (unpaired) electrons. The van der Waals surface area contributed by atoms with E-state index in [1.165, 1.54) is 0 Å². The SMILES string of the molecule is CC(=O)Cc1cc(F)ccc1C(F)(F)F. The first-order valence-corrected chi connectivity index (χ1v) is 4.16. The maximum atomic E-state index is 12.7. The zero-order valence-electron chi connectivity index (χ0n) is 7.86. The van der Waals surface area contributed by atoms with Gasteiger partial charge in [0.1, 0.15) is 11.6 Å². The van der Waals surface area contributed by atoms with Gasteiger partial charge >= 0.3 is 6.18 Å². The van der Waals surface area contributed by atoms with Gasteiger partial charge in [0, 0.05) is 6.42 Å². The molecule has 82 valence electrons. The monoisotopic (exact) mass is 220 g/mol. The van der Waals surface area contributed by atoms with E-state index in [4.69, 9.17) is 0 Å². The van der Waals surface area contributed by atoms with Gasteiger partial charge in [-0.1, -0.05) is 0 Å². The lowest BCUT2D eigenvalue weighted by atomic mass is 10.0. The Morgan fingerprint density at radius 2 is 1.93 bits per heavy atom. The Kier molecular flexibility index (Phi) is 3.12. The number of hydrogen-bond acceptors (Lipinski definition) is 1. The minimum Gasteiger partial charge on any atom is -0.300 e. The number of hydrogen-bond donors (Lipinski definition) is 0. The molecular weight excluding hydrogens is 212 g/mol. The second-order valence-corrected chi connectivity index (χ2v) is 3.18. The average molecular weight is 220 g/mol. The summed E-state index contributed by atoms with van der Waals surface area (Å²) < 4.78 is 49.9. The number of carbonyl (C=O) groups is 1. The van der Waals surface area contributed by atoms with Gasteiger partial charge in [0.25, 0.3) is 0 Å². The zero-order chi connectivity index (χ0) is 11.6. The fourth-order valence-electron chi connectivity index (χ4n) is 1.25. The standard InChI is InChI=1S/C10H8F4O/c1-6(15)4-7-5-8(11)2-3-9(7)10(12,13)14/h2-3,5H,4H2,1H3. The molecule has 0 atom stereocenters. The summed E-state index contributed by atoms with van der Waals surface area (Å²) in [6, 6.07) is 2.12. The van der Waals surface area contributed by atoms with Crippen LogP contribution in [0.2, 0.25) is 0 Å². The van der Waals surface area contributed by atoms with Crippen molar-refractivity contribution in [3.8, 4) is 0 Å². The topological polar surface area (TPSA) is 17.1 Å². The molecule has 0 aliphatic carbocycles. The van der Waals surface area contributed by atoms with Crippen LogP contribution >= 0.6 is 0 Å². The van der Waals surface area contributed by atoms with Crippen molar-refractivity contribution in [2.75, 3.05) is 0 Å². The smallest absolute Gasteiger partial charge is 0.300 e. The van der Waals surface area contributed by atoms with E-state index in [-0.39, 0.29) is 5.56 Å². The van der Waals surface area contributed by atoms with Gasteiger partial charge in [0.15, 0.2) is 0 Å². The molecule has 0 spiro atoms. The minimum atomic E-state index is -4.56. The third-order valence-corrected chi connectivity index (χ3v) is 1.81. The Labute approximate surface area is 83.7 Å². The number of alkyl halides is 3. The van der Waals surface area contributed by atoms with E-state index in [1.807, 2.05) is 0 Å². The Hall–Kier alpha value is -1.39. The highest BCUT2D eigenvalue weighted by Gasteiger charge is 2.33. The van der Waals surface area contributed by atoms with Crippen LogP contribution in [0.25, 0.3) is 0 Å². The maximum Gasteiger partial charge on any atom is 0.416 e. The molecule has 0 heterocycles. The zero-order valence-corrected chi connectivity index (χ0v) is 7.86. The van der Waals surface area contributed by atoms with Gasteiger partial charge in [-0.2, -0.15) is 13.2 Å². The lowest BCUT2D eigenvalue weighted by molar-refractivity contribution is -0.138. The molecule has 1 aromatic carbocycles. The maximum absolute atomic E-state index is 12.7. The first kappa shape index (κ1) is 11.7. The lowest BCUT2D eigenvalue weighted by Gasteiger charge is -2.11. The molecule has 1 nitrogen and oxygen atoms in total. The van der Waals surface area contributed by atoms with Crippen molar-refractivity contribution in [3.05, 3.63) is 35.1 Å². The van der Waals surface area contributed by atoms with Crippen molar-refractivity contribution in [2.24, 2.45) is 0 Å². The second-order valence-electron chi connectivity index (χ2n) is 3.18. The van der Waals surface area contributed by atoms with Crippen LogP contribution in [0.1, 0.15) is 18.1 Å². The van der Waals surface area contributed by atoms with Crippen molar-refractivity contribution in [3.63, 3.8) is 0 Å². The van der Waals surface area contributed by atoms with Crippen LogP contribution in [-0.4, -0.2) is 5.78 Å². The van der Waals surface area contributed by atoms with E-state index in [1.54, 1.807) is 0 Å². The number of carbonyl (C=O) groups excluding carboxylic acids is 1. The molecule has 0 aliphatic heterocycles. The largest absolute Gasteiger partial charge is 0.416 e. The molecule has 1 rings (SSSR count). The summed E-state index contributed by atoms with van der Waals surface area (Å²) in [5.41, 5.74) is -1.28. The van der Waals surface area contributed by atoms with Gasteiger partial charge in [-0.3, -0.25) is 4.79 Å². The number of ketones is 1. The van der Waals surface area contributed by atoms with Crippen molar-refractivity contribution in [2.45, 2.75) is 19.5 Å². The predicted molar refractivity (Wildman–Crippen MR) is 45.8 cm³/mol. The van der Waals surface area contributed by atoms with Crippen molar-refractivity contribution < 1.29 is 22.4 Å². The third-order valence-electron chi connectivity index (χ3n) is 1.81. The average Bonchev–Trinajstić information content (AvgIpc) is 1.99. The first-order chi connectivity index (χ1) is 6.80. The molecule has 1 aromatic rings. The van der Waals surface area contributed by atoms with Crippen LogP contribution in [0.4, 0.5) is 17.6 Å². The predicted octanol–water partition coefficient (Wildman–Crippen LogP) is 2.98. The van der Waals surface area contributed by atoms with Gasteiger partial charge in [-0.25, -0.2) is 4.39 Å². The third kappa shape index (κ3) is 3.04. The van der Waals surface area contributed by atoms with Crippen LogP contribution in [-0.2, 0) is 17.4 Å². The summed E-state index contributed by atoms with van der Waals surface area (Å²) >= 11 is 0. The van der Waals surface area contributed by atoms with Crippen LogP contribution in [0.5, 0.6) is 0 Å². The summed E-state index contributed by atoms with van der Waals surface area (Å²) in [5.74, 6) is -1.22. The van der Waals surface area contributed by atoms with Gasteiger partial charge in [-0.15, -0.1) is 0 Å². The van der Waals surface area contributed by atoms with Gasteiger partial charge in [0.2, 0.25) is 0 Å². The van der Waals surface area contributed by atoms with Crippen molar-refractivity contribution in [1.29, 1.82) is 0 Å². The second kappa shape index (κ2) is 4.00. The summed E-state index contributed by atoms with van der Waals surface area (Å²) in [6.07, 6.45) is -4.97. The van der Waals surface area contributed by atoms with Crippen LogP contribution < -0.4 is 0 Å². The number of Topliss-reactive ketones (excluding diaryl/α,β-unsaturated/α-hetero) is 1. The molecule has 5 heteroatoms. The summed E-state index contributed by atoms with van der Waals surface area (Å²) in [4.78, 5) is 10.7. The fourth-order valence-corrected chi connectivity index (χ4v) is 1.25. The minimum absolute atomic E-state index is 0.324. The fraction of sp³-hybridized carbons (Fsp3) is 0.300. The van der Waals surface area contributed by atoms with Crippen LogP contribution in [0.15, 0.2) is 18.2 Å². The van der Waals surface area contributed by atoms with Gasteiger partial charge < -0.3 is 0 Å². The number of rotatable bonds is 2. The quantitative estimate of drug-likeness (QED) is 0.700. The molecule has 15 heavy (non-hydrogen) atoms. The Morgan fingerprint density at radius 3 is 2.40 bits per heavy atom. The number of halogens is 4. The van der Waals surface area contributed by atoms with E-state index in [2.05, 4.69) is 0 Å².